The SMILES string of the molecule is CCNC(=NCC(CCN(C)C)OCC)NCCN(C)CCCOC. The second kappa shape index (κ2) is 16.6. The Balaban J connectivity index is 4.27. The summed E-state index contributed by atoms with van der Waals surface area (Å²) >= 11 is 0. The molecule has 0 bridgehead atoms. The first-order chi connectivity index (χ1) is 12.0. The van der Waals surface area contributed by atoms with Crippen LogP contribution in [0.25, 0.3) is 0 Å². The summed E-state index contributed by atoms with van der Waals surface area (Å²) in [6.07, 6.45) is 2.22. The number of nitrogens with one attached hydrogen (secondary N) is 2. The molecule has 0 aliphatic heterocycles. The van der Waals surface area contributed by atoms with Gasteiger partial charge in [-0.05, 0) is 47.8 Å². The zero-order valence-corrected chi connectivity index (χ0v) is 17.3. The predicted octanol–water partition coefficient (Wildman–Crippen LogP) is 0.867. The fourth-order valence-electron chi connectivity index (χ4n) is 2.36. The Morgan fingerprint density at radius 1 is 1.08 bits per heavy atom. The molecule has 0 aliphatic carbocycles. The van der Waals surface area contributed by atoms with Gasteiger partial charge < -0.3 is 29.9 Å². The Morgan fingerprint density at radius 3 is 2.44 bits per heavy atom. The van der Waals surface area contributed by atoms with Gasteiger partial charge in [-0.3, -0.25) is 4.99 Å². The van der Waals surface area contributed by atoms with Crippen LogP contribution in [0.5, 0.6) is 0 Å². The van der Waals surface area contributed by atoms with Gasteiger partial charge in [0.25, 0.3) is 0 Å². The summed E-state index contributed by atoms with van der Waals surface area (Å²) in [6.45, 7) is 11.1. The molecule has 1 atom stereocenters. The average Bonchev–Trinajstić information content (AvgIpc) is 2.57. The fraction of sp³-hybridized carbons (Fsp3) is 0.944. The van der Waals surface area contributed by atoms with Gasteiger partial charge in [-0.2, -0.15) is 0 Å². The van der Waals surface area contributed by atoms with Crippen molar-refractivity contribution in [3.05, 3.63) is 0 Å². The van der Waals surface area contributed by atoms with E-state index in [0.29, 0.717) is 6.54 Å². The molecule has 0 heterocycles. The van der Waals surface area contributed by atoms with E-state index in [0.717, 1.165) is 64.7 Å². The maximum absolute atomic E-state index is 5.81. The van der Waals surface area contributed by atoms with Crippen LogP contribution in [-0.2, 0) is 9.47 Å². The smallest absolute Gasteiger partial charge is 0.191 e. The van der Waals surface area contributed by atoms with Gasteiger partial charge in [-0.1, -0.05) is 0 Å². The predicted molar refractivity (Wildman–Crippen MR) is 107 cm³/mol. The highest BCUT2D eigenvalue weighted by Crippen LogP contribution is 2.00. The van der Waals surface area contributed by atoms with Crippen LogP contribution in [0.4, 0.5) is 0 Å². The van der Waals surface area contributed by atoms with E-state index in [1.807, 2.05) is 6.92 Å². The largest absolute Gasteiger partial charge is 0.385 e. The lowest BCUT2D eigenvalue weighted by molar-refractivity contribution is 0.0582. The van der Waals surface area contributed by atoms with E-state index in [2.05, 4.69) is 48.5 Å². The maximum Gasteiger partial charge on any atom is 0.191 e. The molecule has 7 nitrogen and oxygen atoms in total. The standard InChI is InChI=1S/C18H41N5O2/c1-7-19-18(20-11-14-23(5)12-9-15-24-6)21-16-17(25-8-2)10-13-22(3)4/h17H,7-16H2,1-6H3,(H2,19,20,21). The topological polar surface area (TPSA) is 61.4 Å². The number of ether oxygens (including phenoxy) is 2. The van der Waals surface area contributed by atoms with Gasteiger partial charge in [-0.15, -0.1) is 0 Å². The van der Waals surface area contributed by atoms with E-state index in [1.165, 1.54) is 0 Å². The molecule has 0 saturated carbocycles. The van der Waals surface area contributed by atoms with Gasteiger partial charge in [0.2, 0.25) is 0 Å². The summed E-state index contributed by atoms with van der Waals surface area (Å²) in [5, 5.41) is 6.71. The third kappa shape index (κ3) is 15.1. The van der Waals surface area contributed by atoms with Crippen molar-refractivity contribution < 1.29 is 9.47 Å². The van der Waals surface area contributed by atoms with Crippen molar-refractivity contribution in [3.63, 3.8) is 0 Å². The first kappa shape index (κ1) is 24.1. The number of rotatable bonds is 15. The van der Waals surface area contributed by atoms with Gasteiger partial charge in [0.1, 0.15) is 0 Å². The van der Waals surface area contributed by atoms with Crippen molar-refractivity contribution in [2.24, 2.45) is 4.99 Å². The molecule has 0 radical (unpaired) electrons. The highest BCUT2D eigenvalue weighted by Gasteiger charge is 2.09. The van der Waals surface area contributed by atoms with Crippen LogP contribution in [0.1, 0.15) is 26.7 Å². The molecule has 0 rings (SSSR count). The molecule has 25 heavy (non-hydrogen) atoms. The molecule has 0 aromatic heterocycles. The summed E-state index contributed by atoms with van der Waals surface area (Å²) in [6, 6.07) is 0. The molecule has 0 saturated heterocycles. The Morgan fingerprint density at radius 2 is 1.84 bits per heavy atom. The molecule has 1 unspecified atom stereocenters. The van der Waals surface area contributed by atoms with Crippen LogP contribution in [0, 0.1) is 0 Å². The van der Waals surface area contributed by atoms with Crippen LogP contribution in [-0.4, -0.2) is 103 Å². The van der Waals surface area contributed by atoms with Crippen LogP contribution in [0.2, 0.25) is 0 Å². The maximum atomic E-state index is 5.81. The first-order valence-electron chi connectivity index (χ1n) is 9.49. The van der Waals surface area contributed by atoms with Crippen LogP contribution >= 0.6 is 0 Å². The van der Waals surface area contributed by atoms with Gasteiger partial charge in [0.05, 0.1) is 12.6 Å². The molecule has 0 amide bonds. The first-order valence-corrected chi connectivity index (χ1v) is 9.49. The molecular formula is C18H41N5O2. The molecule has 0 aromatic carbocycles. The molecule has 150 valence electrons. The van der Waals surface area contributed by atoms with Crippen molar-refractivity contribution in [1.82, 2.24) is 20.4 Å². The van der Waals surface area contributed by atoms with Gasteiger partial charge in [0, 0.05) is 53.0 Å². The van der Waals surface area contributed by atoms with Gasteiger partial charge in [0.15, 0.2) is 5.96 Å². The summed E-state index contributed by atoms with van der Waals surface area (Å²) in [4.78, 5) is 9.18. The van der Waals surface area contributed by atoms with Crippen molar-refractivity contribution in [1.29, 1.82) is 0 Å². The number of likely N-dealkylation sites (N-methyl/N-ethyl adjacent to an activating group) is 1. The van der Waals surface area contributed by atoms with E-state index in [9.17, 15) is 0 Å². The molecule has 2 N–H and O–H groups in total. The number of aliphatic imine (C=N–C) groups is 1. The van der Waals surface area contributed by atoms with E-state index in [4.69, 9.17) is 14.5 Å². The van der Waals surface area contributed by atoms with Gasteiger partial charge in [-0.25, -0.2) is 0 Å². The third-order valence-corrected chi connectivity index (χ3v) is 3.77. The summed E-state index contributed by atoms with van der Waals surface area (Å²) < 4.78 is 10.9. The van der Waals surface area contributed by atoms with Crippen LogP contribution < -0.4 is 10.6 Å². The Hall–Kier alpha value is -0.890. The second-order valence-corrected chi connectivity index (χ2v) is 6.47. The Bertz CT molecular complexity index is 327. The molecule has 7 heteroatoms. The molecular weight excluding hydrogens is 318 g/mol. The lowest BCUT2D eigenvalue weighted by Crippen LogP contribution is -2.41. The monoisotopic (exact) mass is 359 g/mol. The Labute approximate surface area is 155 Å². The van der Waals surface area contributed by atoms with E-state index < -0.39 is 0 Å². The van der Waals surface area contributed by atoms with Crippen LogP contribution in [0.3, 0.4) is 0 Å². The molecule has 0 spiro atoms. The highest BCUT2D eigenvalue weighted by atomic mass is 16.5. The van der Waals surface area contributed by atoms with Crippen molar-refractivity contribution in [2.75, 3.05) is 80.7 Å². The highest BCUT2D eigenvalue weighted by molar-refractivity contribution is 5.79. The summed E-state index contributed by atoms with van der Waals surface area (Å²) in [5.74, 6) is 0.863. The van der Waals surface area contributed by atoms with E-state index >= 15 is 0 Å². The van der Waals surface area contributed by atoms with Crippen molar-refractivity contribution in [3.8, 4) is 0 Å². The normalized spacial score (nSPS) is 13.5. The summed E-state index contributed by atoms with van der Waals surface area (Å²) in [7, 11) is 8.05. The minimum absolute atomic E-state index is 0.166. The second-order valence-electron chi connectivity index (χ2n) is 6.47. The number of guanidine groups is 1. The number of hydrogen-bond acceptors (Lipinski definition) is 5. The van der Waals surface area contributed by atoms with Gasteiger partial charge >= 0.3 is 0 Å². The third-order valence-electron chi connectivity index (χ3n) is 3.77. The van der Waals surface area contributed by atoms with Crippen molar-refractivity contribution in [2.45, 2.75) is 32.8 Å². The fourth-order valence-corrected chi connectivity index (χ4v) is 2.36. The average molecular weight is 360 g/mol. The van der Waals surface area contributed by atoms with E-state index in [-0.39, 0.29) is 6.10 Å². The lowest BCUT2D eigenvalue weighted by atomic mass is 10.2. The summed E-state index contributed by atoms with van der Waals surface area (Å²) in [5.41, 5.74) is 0. The zero-order valence-electron chi connectivity index (χ0n) is 17.3. The van der Waals surface area contributed by atoms with Crippen molar-refractivity contribution >= 4 is 5.96 Å². The number of methoxy groups -OCH3 is 1. The quantitative estimate of drug-likeness (QED) is 0.257. The number of nitrogens with zero attached hydrogens (tertiary/aromatic N) is 3. The minimum atomic E-state index is 0.166. The lowest BCUT2D eigenvalue weighted by Gasteiger charge is -2.20. The molecule has 0 aliphatic rings. The molecule has 0 fully saturated rings. The zero-order chi connectivity index (χ0) is 18.9. The number of hydrogen-bond donors (Lipinski definition) is 2. The molecule has 0 aromatic rings. The van der Waals surface area contributed by atoms with Crippen LogP contribution in [0.15, 0.2) is 4.99 Å². The Kier molecular flexibility index (Phi) is 16.0. The van der Waals surface area contributed by atoms with E-state index in [1.54, 1.807) is 7.11 Å². The minimum Gasteiger partial charge on any atom is -0.385 e.